The van der Waals surface area contributed by atoms with Gasteiger partial charge in [0.25, 0.3) is 0 Å². The molecule has 0 saturated carbocycles. The number of halogens is 2. The predicted molar refractivity (Wildman–Crippen MR) is 94.8 cm³/mol. The minimum atomic E-state index is -3.67. The summed E-state index contributed by atoms with van der Waals surface area (Å²) in [5.74, 6) is -2.43. The second-order valence-electron chi connectivity index (χ2n) is 5.06. The summed E-state index contributed by atoms with van der Waals surface area (Å²) >= 11 is 0.751. The Morgan fingerprint density at radius 3 is 2.08 bits per heavy atom. The van der Waals surface area contributed by atoms with Gasteiger partial charge in [-0.2, -0.15) is 8.75 Å². The third-order valence-corrected chi connectivity index (χ3v) is 7.00. The van der Waals surface area contributed by atoms with E-state index in [-0.39, 0.29) is 48.1 Å². The van der Waals surface area contributed by atoms with Crippen molar-refractivity contribution in [3.63, 3.8) is 0 Å². The maximum Gasteiger partial charge on any atom is 0.513 e. The lowest BCUT2D eigenvalue weighted by Crippen LogP contribution is -2.06. The number of nitrogens with zero attached hydrogens (tertiary/aromatic N) is 2. The van der Waals surface area contributed by atoms with Gasteiger partial charge in [-0.1, -0.05) is 0 Å². The van der Waals surface area contributed by atoms with E-state index in [0.29, 0.717) is 0 Å². The minimum absolute atomic E-state index is 0.0587. The summed E-state index contributed by atoms with van der Waals surface area (Å²) in [5, 5.41) is 0. The maximum atomic E-state index is 14.7. The Kier molecular flexibility index (Phi) is 7.70. The fraction of sp³-hybridized carbons (Fsp3) is 0.571. The SMILES string of the molecule is CCO[P+](=O)Cc1c(F)c(F)c(CP(=O)(OCC)OCC)c2nsnc12. The first-order valence-corrected chi connectivity index (χ1v) is 11.8. The van der Waals surface area contributed by atoms with Crippen LogP contribution in [0.1, 0.15) is 31.9 Å². The zero-order chi connectivity index (χ0) is 19.3. The van der Waals surface area contributed by atoms with Crippen molar-refractivity contribution in [2.24, 2.45) is 0 Å². The summed E-state index contributed by atoms with van der Waals surface area (Å²) in [5.41, 5.74) is -0.269. The summed E-state index contributed by atoms with van der Waals surface area (Å²) in [4.78, 5) is 0. The number of aromatic nitrogens is 2. The largest absolute Gasteiger partial charge is 0.513 e. The van der Waals surface area contributed by atoms with Crippen LogP contribution in [0.4, 0.5) is 8.78 Å². The van der Waals surface area contributed by atoms with E-state index in [1.807, 2.05) is 0 Å². The smallest absolute Gasteiger partial charge is 0.309 e. The van der Waals surface area contributed by atoms with Gasteiger partial charge < -0.3 is 9.05 Å². The summed E-state index contributed by atoms with van der Waals surface area (Å²) in [6, 6.07) is 0. The van der Waals surface area contributed by atoms with Crippen LogP contribution in [-0.2, 0) is 35.0 Å². The molecule has 12 heteroatoms. The molecule has 0 aliphatic rings. The van der Waals surface area contributed by atoms with Gasteiger partial charge in [-0.25, -0.2) is 8.78 Å². The van der Waals surface area contributed by atoms with E-state index in [1.54, 1.807) is 20.8 Å². The standard InChI is InChI=1S/C14H19F2N2O5P2S/c1-4-21-24(19)7-9-11(15)12(16)10(14-13(9)17-26-18-14)8-25(20,22-5-2)23-6-3/h4-8H2,1-3H3/q+1. The molecule has 0 saturated heterocycles. The van der Waals surface area contributed by atoms with Crippen LogP contribution in [0.5, 0.6) is 0 Å². The van der Waals surface area contributed by atoms with Gasteiger partial charge in [0, 0.05) is 5.56 Å². The van der Waals surface area contributed by atoms with Gasteiger partial charge in [0.2, 0.25) is 6.16 Å². The molecular formula is C14H19F2N2O5P2S+. The van der Waals surface area contributed by atoms with E-state index < -0.39 is 33.4 Å². The second-order valence-corrected chi connectivity index (χ2v) is 8.88. The molecule has 1 atom stereocenters. The Hall–Kier alpha value is -0.890. The maximum absolute atomic E-state index is 14.7. The highest BCUT2D eigenvalue weighted by Gasteiger charge is 2.33. The van der Waals surface area contributed by atoms with Crippen LogP contribution in [0.15, 0.2) is 0 Å². The highest BCUT2D eigenvalue weighted by atomic mass is 32.1. The molecule has 1 unspecified atom stereocenters. The van der Waals surface area contributed by atoms with Gasteiger partial charge in [-0.15, -0.1) is 4.52 Å². The molecule has 26 heavy (non-hydrogen) atoms. The molecule has 0 radical (unpaired) electrons. The monoisotopic (exact) mass is 427 g/mol. The van der Waals surface area contributed by atoms with Crippen molar-refractivity contribution >= 4 is 38.4 Å². The molecule has 144 valence electrons. The van der Waals surface area contributed by atoms with Crippen molar-refractivity contribution in [1.29, 1.82) is 0 Å². The molecule has 0 N–H and O–H groups in total. The first-order valence-electron chi connectivity index (χ1n) is 7.93. The van der Waals surface area contributed by atoms with E-state index in [1.165, 1.54) is 0 Å². The molecule has 0 aliphatic carbocycles. The van der Waals surface area contributed by atoms with E-state index >= 15 is 0 Å². The van der Waals surface area contributed by atoms with E-state index in [9.17, 15) is 17.9 Å². The van der Waals surface area contributed by atoms with Crippen LogP contribution in [0.3, 0.4) is 0 Å². The van der Waals surface area contributed by atoms with Crippen LogP contribution in [0.2, 0.25) is 0 Å². The average molecular weight is 427 g/mol. The molecule has 0 fully saturated rings. The number of hydrogen-bond donors (Lipinski definition) is 0. The fourth-order valence-electron chi connectivity index (χ4n) is 2.38. The third-order valence-electron chi connectivity index (χ3n) is 3.35. The molecule has 1 aromatic carbocycles. The molecule has 7 nitrogen and oxygen atoms in total. The number of fused-ring (bicyclic) bond motifs is 1. The van der Waals surface area contributed by atoms with Crippen molar-refractivity contribution < 1.29 is 31.5 Å². The normalized spacial score (nSPS) is 12.7. The number of rotatable bonds is 10. The zero-order valence-corrected chi connectivity index (χ0v) is 17.1. The van der Waals surface area contributed by atoms with Crippen molar-refractivity contribution in [3.05, 3.63) is 22.8 Å². The van der Waals surface area contributed by atoms with E-state index in [4.69, 9.17) is 13.6 Å². The van der Waals surface area contributed by atoms with Gasteiger partial charge >= 0.3 is 15.6 Å². The number of hydrogen-bond acceptors (Lipinski definition) is 8. The average Bonchev–Trinajstić information content (AvgIpc) is 3.06. The Balaban J connectivity index is 2.53. The van der Waals surface area contributed by atoms with Crippen LogP contribution in [-0.4, -0.2) is 28.6 Å². The van der Waals surface area contributed by atoms with Crippen LogP contribution < -0.4 is 0 Å². The molecule has 0 spiro atoms. The first kappa shape index (κ1) is 21.4. The van der Waals surface area contributed by atoms with Crippen molar-refractivity contribution in [2.75, 3.05) is 19.8 Å². The highest BCUT2D eigenvalue weighted by molar-refractivity contribution is 7.53. The molecule has 1 aromatic heterocycles. The Morgan fingerprint density at radius 1 is 1.00 bits per heavy atom. The molecule has 2 rings (SSSR count). The topological polar surface area (TPSA) is 87.6 Å². The van der Waals surface area contributed by atoms with Crippen LogP contribution >= 0.6 is 27.4 Å². The Labute approximate surface area is 154 Å². The van der Waals surface area contributed by atoms with Crippen LogP contribution in [0, 0.1) is 11.6 Å². The number of benzene rings is 1. The predicted octanol–water partition coefficient (Wildman–Crippen LogP) is 5.01. The lowest BCUT2D eigenvalue weighted by molar-refractivity contribution is 0.219. The molecule has 0 aliphatic heterocycles. The Morgan fingerprint density at radius 2 is 1.54 bits per heavy atom. The van der Waals surface area contributed by atoms with Crippen LogP contribution in [0.25, 0.3) is 11.0 Å². The lowest BCUT2D eigenvalue weighted by atomic mass is 10.1. The third kappa shape index (κ3) is 4.68. The lowest BCUT2D eigenvalue weighted by Gasteiger charge is -2.17. The summed E-state index contributed by atoms with van der Waals surface area (Å²) in [7, 11) is -5.89. The highest BCUT2D eigenvalue weighted by Crippen LogP contribution is 2.52. The summed E-state index contributed by atoms with van der Waals surface area (Å²) in [6.07, 6.45) is -0.806. The summed E-state index contributed by atoms with van der Waals surface area (Å²) in [6.45, 7) is 5.25. The van der Waals surface area contributed by atoms with E-state index in [0.717, 1.165) is 11.7 Å². The Bertz CT molecular complexity index is 838. The summed E-state index contributed by atoms with van der Waals surface area (Å²) < 4.78 is 77.1. The van der Waals surface area contributed by atoms with E-state index in [2.05, 4.69) is 8.75 Å². The van der Waals surface area contributed by atoms with Crippen molar-refractivity contribution in [1.82, 2.24) is 8.75 Å². The van der Waals surface area contributed by atoms with Gasteiger partial charge in [0.05, 0.1) is 43.3 Å². The van der Waals surface area contributed by atoms with Crippen molar-refractivity contribution in [3.8, 4) is 0 Å². The van der Waals surface area contributed by atoms with Gasteiger partial charge in [-0.05, 0) is 25.3 Å². The second kappa shape index (κ2) is 9.35. The first-order chi connectivity index (χ1) is 12.4. The molecule has 0 amide bonds. The fourth-order valence-corrected chi connectivity index (χ4v) is 5.62. The van der Waals surface area contributed by atoms with Crippen molar-refractivity contribution in [2.45, 2.75) is 33.1 Å². The zero-order valence-electron chi connectivity index (χ0n) is 14.5. The molecule has 1 heterocycles. The van der Waals surface area contributed by atoms with Gasteiger partial charge in [-0.3, -0.25) is 4.57 Å². The minimum Gasteiger partial charge on any atom is -0.309 e. The van der Waals surface area contributed by atoms with Gasteiger partial charge in [0.1, 0.15) is 11.0 Å². The molecule has 0 bridgehead atoms. The quantitative estimate of drug-likeness (QED) is 0.492. The molecule has 2 aromatic rings. The van der Waals surface area contributed by atoms with Gasteiger partial charge in [0.15, 0.2) is 11.6 Å². The molecular weight excluding hydrogens is 408 g/mol.